The second kappa shape index (κ2) is 9.64. The van der Waals surface area contributed by atoms with E-state index in [0.717, 1.165) is 10.8 Å². The Morgan fingerprint density at radius 3 is 2.47 bits per heavy atom. The lowest BCUT2D eigenvalue weighted by atomic mass is 10.0. The highest BCUT2D eigenvalue weighted by Gasteiger charge is 2.13. The van der Waals surface area contributed by atoms with Gasteiger partial charge < -0.3 is 4.74 Å². The number of carbonyl (C=O) groups is 2. The number of hydrogen-bond acceptors (Lipinski definition) is 4. The Morgan fingerprint density at radius 2 is 1.62 bits per heavy atom. The number of ether oxygens (including phenoxy) is 1. The van der Waals surface area contributed by atoms with Crippen molar-refractivity contribution in [2.45, 2.75) is 0 Å². The van der Waals surface area contributed by atoms with Gasteiger partial charge >= 0.3 is 5.97 Å². The molecule has 32 heavy (non-hydrogen) atoms. The van der Waals surface area contributed by atoms with Crippen LogP contribution in [0.15, 0.2) is 90.0 Å². The van der Waals surface area contributed by atoms with Crippen LogP contribution in [-0.4, -0.2) is 18.1 Å². The topological polar surface area (TPSA) is 67.8 Å². The zero-order chi connectivity index (χ0) is 22.5. The van der Waals surface area contributed by atoms with Crippen LogP contribution in [0.1, 0.15) is 26.3 Å². The summed E-state index contributed by atoms with van der Waals surface area (Å²) in [6.07, 6.45) is 1.47. The molecule has 0 spiro atoms. The van der Waals surface area contributed by atoms with Crippen LogP contribution < -0.4 is 10.2 Å². The summed E-state index contributed by atoms with van der Waals surface area (Å²) in [4.78, 5) is 24.9. The quantitative estimate of drug-likeness (QED) is 0.168. The van der Waals surface area contributed by atoms with Crippen molar-refractivity contribution in [3.05, 3.63) is 112 Å². The van der Waals surface area contributed by atoms with Crippen LogP contribution in [0.4, 0.5) is 0 Å². The Labute approximate surface area is 194 Å². The summed E-state index contributed by atoms with van der Waals surface area (Å²) in [6.45, 7) is 0. The minimum absolute atomic E-state index is 0.205. The van der Waals surface area contributed by atoms with E-state index in [1.807, 2.05) is 36.4 Å². The molecular weight excluding hydrogens is 447 g/mol. The minimum Gasteiger partial charge on any atom is -0.423 e. The molecule has 0 fully saturated rings. The van der Waals surface area contributed by atoms with Crippen LogP contribution in [0.3, 0.4) is 0 Å². The van der Waals surface area contributed by atoms with Gasteiger partial charge in [0.05, 0.1) is 16.8 Å². The lowest BCUT2D eigenvalue weighted by molar-refractivity contribution is 0.0734. The fraction of sp³-hybridized carbons (Fsp3) is 0. The normalized spacial score (nSPS) is 10.9. The fourth-order valence-electron chi connectivity index (χ4n) is 3.12. The Balaban J connectivity index is 1.44. The molecule has 0 aliphatic heterocycles. The Morgan fingerprint density at radius 1 is 0.844 bits per heavy atom. The average molecular weight is 463 g/mol. The Kier molecular flexibility index (Phi) is 6.50. The van der Waals surface area contributed by atoms with E-state index in [2.05, 4.69) is 10.5 Å². The molecule has 0 atom stereocenters. The third-order valence-electron chi connectivity index (χ3n) is 4.63. The Bertz CT molecular complexity index is 1350. The number of benzene rings is 4. The van der Waals surface area contributed by atoms with E-state index in [1.54, 1.807) is 36.4 Å². The van der Waals surface area contributed by atoms with Gasteiger partial charge in [0.1, 0.15) is 5.75 Å². The highest BCUT2D eigenvalue weighted by atomic mass is 35.5. The van der Waals surface area contributed by atoms with Crippen molar-refractivity contribution in [2.24, 2.45) is 5.10 Å². The van der Waals surface area contributed by atoms with E-state index in [4.69, 9.17) is 27.9 Å². The number of hydrogen-bond donors (Lipinski definition) is 1. The summed E-state index contributed by atoms with van der Waals surface area (Å²) < 4.78 is 5.39. The van der Waals surface area contributed by atoms with E-state index in [1.165, 1.54) is 18.3 Å². The van der Waals surface area contributed by atoms with Gasteiger partial charge in [-0.2, -0.15) is 5.10 Å². The molecule has 0 unspecified atom stereocenters. The summed E-state index contributed by atoms with van der Waals surface area (Å²) in [5, 5.41) is 6.47. The minimum atomic E-state index is -0.606. The molecule has 158 valence electrons. The van der Waals surface area contributed by atoms with E-state index in [9.17, 15) is 9.59 Å². The number of nitrogens with one attached hydrogen (secondary N) is 1. The van der Waals surface area contributed by atoms with Crippen LogP contribution in [0, 0.1) is 0 Å². The molecule has 0 heterocycles. The van der Waals surface area contributed by atoms with E-state index in [-0.39, 0.29) is 16.5 Å². The standard InChI is InChI=1S/C25H16Cl2N2O3/c26-18-11-12-22(23(27)14-18)25(31)32-19-8-3-5-16(13-19)15-28-29-24(30)21-10-4-7-17-6-1-2-9-20(17)21/h1-15H,(H,29,30)/b28-15-. The average Bonchev–Trinajstić information content (AvgIpc) is 2.78. The van der Waals surface area contributed by atoms with Gasteiger partial charge in [0.15, 0.2) is 0 Å². The molecular formula is C25H16Cl2N2O3. The van der Waals surface area contributed by atoms with Crippen molar-refractivity contribution in [2.75, 3.05) is 0 Å². The van der Waals surface area contributed by atoms with Gasteiger partial charge in [-0.15, -0.1) is 0 Å². The van der Waals surface area contributed by atoms with Crippen molar-refractivity contribution in [3.8, 4) is 5.75 Å². The summed E-state index contributed by atoms with van der Waals surface area (Å²) in [7, 11) is 0. The largest absolute Gasteiger partial charge is 0.423 e. The number of amides is 1. The third kappa shape index (κ3) is 4.97. The molecule has 1 N–H and O–H groups in total. The first kappa shape index (κ1) is 21.6. The number of fused-ring (bicyclic) bond motifs is 1. The molecule has 0 aliphatic rings. The smallest absolute Gasteiger partial charge is 0.345 e. The molecule has 0 saturated carbocycles. The van der Waals surface area contributed by atoms with Crippen LogP contribution in [-0.2, 0) is 0 Å². The summed E-state index contributed by atoms with van der Waals surface area (Å²) >= 11 is 11.9. The number of hydrazone groups is 1. The SMILES string of the molecule is O=C(Oc1cccc(/C=N\NC(=O)c2cccc3ccccc23)c1)c1ccc(Cl)cc1Cl. The van der Waals surface area contributed by atoms with Crippen molar-refractivity contribution in [1.29, 1.82) is 0 Å². The molecule has 4 rings (SSSR count). The number of esters is 1. The van der Waals surface area contributed by atoms with Crippen molar-refractivity contribution in [1.82, 2.24) is 5.43 Å². The molecule has 7 heteroatoms. The first-order valence-corrected chi connectivity index (χ1v) is 10.4. The first-order chi connectivity index (χ1) is 15.5. The fourth-order valence-corrected chi connectivity index (χ4v) is 3.61. The van der Waals surface area contributed by atoms with Gasteiger partial charge in [0, 0.05) is 10.6 Å². The summed E-state index contributed by atoms with van der Waals surface area (Å²) in [6, 6.07) is 24.4. The van der Waals surface area contributed by atoms with Gasteiger partial charge in [0.2, 0.25) is 0 Å². The summed E-state index contributed by atoms with van der Waals surface area (Å²) in [5.41, 5.74) is 3.90. The van der Waals surface area contributed by atoms with Crippen LogP contribution >= 0.6 is 23.2 Å². The van der Waals surface area contributed by atoms with E-state index < -0.39 is 5.97 Å². The summed E-state index contributed by atoms with van der Waals surface area (Å²) in [5.74, 6) is -0.617. The first-order valence-electron chi connectivity index (χ1n) is 9.60. The van der Waals surface area contributed by atoms with Gasteiger partial charge in [-0.1, -0.05) is 71.7 Å². The van der Waals surface area contributed by atoms with Crippen LogP contribution in [0.25, 0.3) is 10.8 Å². The maximum absolute atomic E-state index is 12.6. The van der Waals surface area contributed by atoms with Crippen LogP contribution in [0.5, 0.6) is 5.75 Å². The number of halogens is 2. The lowest BCUT2D eigenvalue weighted by Gasteiger charge is -2.07. The molecule has 5 nitrogen and oxygen atoms in total. The van der Waals surface area contributed by atoms with Crippen LogP contribution in [0.2, 0.25) is 10.0 Å². The van der Waals surface area contributed by atoms with E-state index >= 15 is 0 Å². The zero-order valence-electron chi connectivity index (χ0n) is 16.6. The molecule has 0 bridgehead atoms. The molecule has 4 aromatic rings. The zero-order valence-corrected chi connectivity index (χ0v) is 18.1. The van der Waals surface area contributed by atoms with E-state index in [0.29, 0.717) is 21.9 Å². The Hall–Kier alpha value is -3.67. The van der Waals surface area contributed by atoms with Gasteiger partial charge in [-0.3, -0.25) is 4.79 Å². The third-order valence-corrected chi connectivity index (χ3v) is 5.18. The monoisotopic (exact) mass is 462 g/mol. The maximum Gasteiger partial charge on any atom is 0.345 e. The predicted octanol–water partition coefficient (Wildman–Crippen LogP) is 6.13. The predicted molar refractivity (Wildman–Crippen MR) is 127 cm³/mol. The van der Waals surface area contributed by atoms with Crippen molar-refractivity contribution < 1.29 is 14.3 Å². The molecule has 0 radical (unpaired) electrons. The molecule has 0 saturated heterocycles. The van der Waals surface area contributed by atoms with Crippen molar-refractivity contribution >= 4 is 52.1 Å². The molecule has 4 aromatic carbocycles. The highest BCUT2D eigenvalue weighted by molar-refractivity contribution is 6.36. The highest BCUT2D eigenvalue weighted by Crippen LogP contribution is 2.23. The molecule has 0 aromatic heterocycles. The van der Waals surface area contributed by atoms with Gasteiger partial charge in [0.25, 0.3) is 5.91 Å². The maximum atomic E-state index is 12.6. The number of carbonyl (C=O) groups excluding carboxylic acids is 2. The number of rotatable bonds is 5. The van der Waals surface area contributed by atoms with Crippen molar-refractivity contribution in [3.63, 3.8) is 0 Å². The number of nitrogens with zero attached hydrogens (tertiary/aromatic N) is 1. The molecule has 0 aliphatic carbocycles. The van der Waals surface area contributed by atoms with Gasteiger partial charge in [-0.05, 0) is 52.7 Å². The second-order valence-electron chi connectivity index (χ2n) is 6.81. The molecule has 1 amide bonds. The lowest BCUT2D eigenvalue weighted by Crippen LogP contribution is -2.17. The van der Waals surface area contributed by atoms with Gasteiger partial charge in [-0.25, -0.2) is 10.2 Å². The second-order valence-corrected chi connectivity index (χ2v) is 7.66.